The van der Waals surface area contributed by atoms with Gasteiger partial charge in [-0.05, 0) is 44.6 Å². The number of nitrogen functional groups attached to an aromatic ring is 1. The van der Waals surface area contributed by atoms with Crippen LogP contribution < -0.4 is 27.6 Å². The minimum absolute atomic E-state index is 0.102. The first kappa shape index (κ1) is 15.1. The summed E-state index contributed by atoms with van der Waals surface area (Å²) in [5.74, 6) is 6.62. The molecule has 0 spiro atoms. The molecule has 1 fully saturated rings. The van der Waals surface area contributed by atoms with Crippen LogP contribution in [0.5, 0.6) is 0 Å². The average molecular weight is 303 g/mol. The molecule has 6 heteroatoms. The van der Waals surface area contributed by atoms with Gasteiger partial charge in [-0.2, -0.15) is 0 Å². The van der Waals surface area contributed by atoms with Crippen LogP contribution in [0.2, 0.25) is 0 Å². The van der Waals surface area contributed by atoms with E-state index < -0.39 is 0 Å². The molecule has 1 atom stereocenters. The maximum atomic E-state index is 12.5. The topological polar surface area (TPSA) is 98.4 Å². The van der Waals surface area contributed by atoms with Crippen LogP contribution in [0.3, 0.4) is 0 Å². The molecule has 1 saturated carbocycles. The van der Waals surface area contributed by atoms with Crippen molar-refractivity contribution in [2.45, 2.75) is 45.1 Å². The Kier molecular flexibility index (Phi) is 4.20. The van der Waals surface area contributed by atoms with Crippen LogP contribution in [0.4, 0.5) is 0 Å². The monoisotopic (exact) mass is 303 g/mol. The number of nitrogens with zero attached hydrogens (tertiary/aromatic N) is 2. The zero-order valence-electron chi connectivity index (χ0n) is 13.1. The maximum Gasteiger partial charge on any atom is 0.227 e. The summed E-state index contributed by atoms with van der Waals surface area (Å²) in [6, 6.07) is 2.14. The van der Waals surface area contributed by atoms with Gasteiger partial charge in [-0.3, -0.25) is 14.5 Å². The summed E-state index contributed by atoms with van der Waals surface area (Å²) in [7, 11) is 0. The number of fused-ring (bicyclic) bond motifs is 1. The molecular formula is C16H25N5O. The highest BCUT2D eigenvalue weighted by Crippen LogP contribution is 2.30. The van der Waals surface area contributed by atoms with Crippen molar-refractivity contribution in [1.29, 1.82) is 0 Å². The summed E-state index contributed by atoms with van der Waals surface area (Å²) < 4.78 is 1.51. The number of hydrogen-bond donors (Lipinski definition) is 3. The predicted octanol–water partition coefficient (Wildman–Crippen LogP) is -0.397. The Balaban J connectivity index is 1.70. The number of nitrogens with two attached hydrogens (primary N) is 2. The van der Waals surface area contributed by atoms with E-state index in [9.17, 15) is 4.79 Å². The van der Waals surface area contributed by atoms with Crippen molar-refractivity contribution in [3.05, 3.63) is 23.0 Å². The number of carbonyl (C=O) groups is 1. The van der Waals surface area contributed by atoms with Crippen LogP contribution in [0.1, 0.15) is 39.0 Å². The molecule has 2 aliphatic rings. The van der Waals surface area contributed by atoms with E-state index in [4.69, 9.17) is 11.6 Å². The molecule has 0 saturated heterocycles. The fraction of sp³-hybridized carbons (Fsp3) is 0.625. The minimum atomic E-state index is 0.102. The molecule has 1 aliphatic heterocycles. The molecular weight excluding hydrogens is 278 g/mol. The van der Waals surface area contributed by atoms with E-state index in [2.05, 4.69) is 17.2 Å². The smallest absolute Gasteiger partial charge is 0.227 e. The molecule has 0 aromatic carbocycles. The first-order valence-corrected chi connectivity index (χ1v) is 8.13. The fourth-order valence-corrected chi connectivity index (χ4v) is 3.54. The van der Waals surface area contributed by atoms with E-state index in [0.29, 0.717) is 12.5 Å². The highest BCUT2D eigenvalue weighted by molar-refractivity contribution is 5.84. The zero-order valence-corrected chi connectivity index (χ0v) is 13.1. The van der Waals surface area contributed by atoms with Crippen molar-refractivity contribution in [3.8, 4) is 0 Å². The summed E-state index contributed by atoms with van der Waals surface area (Å²) in [5, 5.41) is 4.07. The van der Waals surface area contributed by atoms with E-state index in [1.807, 2.05) is 6.07 Å². The van der Waals surface area contributed by atoms with Crippen LogP contribution >= 0.6 is 0 Å². The highest BCUT2D eigenvalue weighted by atomic mass is 16.1. The van der Waals surface area contributed by atoms with E-state index in [0.717, 1.165) is 48.5 Å². The fourth-order valence-electron chi connectivity index (χ4n) is 3.54. The zero-order chi connectivity index (χ0) is 15.7. The van der Waals surface area contributed by atoms with Crippen LogP contribution in [-0.4, -0.2) is 23.2 Å². The molecule has 120 valence electrons. The molecule has 2 heterocycles. The minimum Gasteiger partial charge on any atom is -0.338 e. The molecule has 0 radical (unpaired) electrons. The molecule has 5 N–H and O–H groups in total. The second-order valence-corrected chi connectivity index (χ2v) is 6.53. The quantitative estimate of drug-likeness (QED) is 0.663. The number of hydrogen-bond acceptors (Lipinski definition) is 4. The Hall–Kier alpha value is -1.82. The molecule has 1 aliphatic carbocycles. The summed E-state index contributed by atoms with van der Waals surface area (Å²) in [6.45, 7) is 2.73. The number of rotatable bonds is 3. The molecule has 1 amide bonds. The molecule has 22 heavy (non-hydrogen) atoms. The second kappa shape index (κ2) is 6.12. The average Bonchev–Trinajstić information content (AvgIpc) is 2.90. The maximum absolute atomic E-state index is 12.5. The third-order valence-electron chi connectivity index (χ3n) is 5.00. The van der Waals surface area contributed by atoms with E-state index in [1.54, 1.807) is 6.20 Å². The lowest BCUT2D eigenvalue weighted by atomic mass is 9.79. The van der Waals surface area contributed by atoms with E-state index >= 15 is 0 Å². The van der Waals surface area contributed by atoms with Gasteiger partial charge in [0.1, 0.15) is 0 Å². The van der Waals surface area contributed by atoms with Crippen molar-refractivity contribution in [2.24, 2.45) is 22.6 Å². The van der Waals surface area contributed by atoms with Gasteiger partial charge in [-0.25, -0.2) is 0 Å². The third-order valence-corrected chi connectivity index (χ3v) is 5.00. The van der Waals surface area contributed by atoms with Crippen LogP contribution in [0, 0.1) is 11.8 Å². The van der Waals surface area contributed by atoms with Gasteiger partial charge < -0.3 is 16.9 Å². The second-order valence-electron chi connectivity index (χ2n) is 6.53. The van der Waals surface area contributed by atoms with Crippen LogP contribution in [0.25, 0.3) is 5.70 Å². The van der Waals surface area contributed by atoms with Gasteiger partial charge in [0.15, 0.2) is 5.49 Å². The van der Waals surface area contributed by atoms with Crippen LogP contribution in [0.15, 0.2) is 17.3 Å². The summed E-state index contributed by atoms with van der Waals surface area (Å²) in [6.07, 6.45) is 6.49. The molecule has 0 bridgehead atoms. The molecule has 3 rings (SSSR count). The molecule has 6 nitrogen and oxygen atoms in total. The number of nitrogens with one attached hydrogen (secondary N) is 1. The van der Waals surface area contributed by atoms with Gasteiger partial charge in [0.2, 0.25) is 5.91 Å². The van der Waals surface area contributed by atoms with Gasteiger partial charge in [-0.1, -0.05) is 0 Å². The lowest BCUT2D eigenvalue weighted by Gasteiger charge is -2.30. The van der Waals surface area contributed by atoms with Gasteiger partial charge in [-0.15, -0.1) is 0 Å². The van der Waals surface area contributed by atoms with Crippen molar-refractivity contribution >= 4 is 11.6 Å². The first-order valence-electron chi connectivity index (χ1n) is 8.13. The Bertz CT molecular complexity index is 667. The van der Waals surface area contributed by atoms with Crippen molar-refractivity contribution in [2.75, 3.05) is 12.4 Å². The lowest BCUT2D eigenvalue weighted by molar-refractivity contribution is -0.125. The van der Waals surface area contributed by atoms with Gasteiger partial charge in [0.25, 0.3) is 0 Å². The van der Waals surface area contributed by atoms with E-state index in [1.165, 1.54) is 4.68 Å². The standard InChI is InChI=1S/C16H25N5O/c1-10(17)11-2-4-12(5-3-11)16(22)20-14-6-8-19-15-13(14)7-9-21(15)18/h7,9-12H,2-6,8,17-18H2,1H3,(H,20,22). The molecule has 1 unspecified atom stereocenters. The van der Waals surface area contributed by atoms with Gasteiger partial charge in [0.05, 0.1) is 0 Å². The number of amides is 1. The summed E-state index contributed by atoms with van der Waals surface area (Å²) in [5.41, 5.74) is 7.67. The van der Waals surface area contributed by atoms with Crippen molar-refractivity contribution in [3.63, 3.8) is 0 Å². The lowest BCUT2D eigenvalue weighted by Crippen LogP contribution is -2.43. The first-order chi connectivity index (χ1) is 10.6. The number of aromatic nitrogens is 1. The van der Waals surface area contributed by atoms with Gasteiger partial charge >= 0.3 is 0 Å². The number of carbonyl (C=O) groups excluding carboxylic acids is 1. The highest BCUT2D eigenvalue weighted by Gasteiger charge is 2.28. The summed E-state index contributed by atoms with van der Waals surface area (Å²) >= 11 is 0. The molecule has 1 aromatic rings. The van der Waals surface area contributed by atoms with Gasteiger partial charge in [0, 0.05) is 42.0 Å². The van der Waals surface area contributed by atoms with E-state index in [-0.39, 0.29) is 17.9 Å². The SMILES string of the molecule is CC(N)C1CCC(C(=O)NC2=c3ccn(N)c3=NCC2)CC1. The Morgan fingerprint density at radius 1 is 1.41 bits per heavy atom. The summed E-state index contributed by atoms with van der Waals surface area (Å²) in [4.78, 5) is 16.9. The van der Waals surface area contributed by atoms with Crippen LogP contribution in [-0.2, 0) is 4.79 Å². The Morgan fingerprint density at radius 2 is 2.14 bits per heavy atom. The normalized spacial score (nSPS) is 26.0. The third kappa shape index (κ3) is 2.88. The molecule has 1 aromatic heterocycles. The van der Waals surface area contributed by atoms with Crippen molar-refractivity contribution in [1.82, 2.24) is 9.99 Å². The van der Waals surface area contributed by atoms with Crippen molar-refractivity contribution < 1.29 is 4.79 Å². The Morgan fingerprint density at radius 3 is 2.82 bits per heavy atom. The Labute approximate surface area is 130 Å². The predicted molar refractivity (Wildman–Crippen MR) is 85.5 cm³/mol. The largest absolute Gasteiger partial charge is 0.338 e.